The molecule has 0 aliphatic carbocycles. The van der Waals surface area contributed by atoms with Gasteiger partial charge < -0.3 is 10.1 Å². The van der Waals surface area contributed by atoms with E-state index in [0.717, 1.165) is 5.56 Å². The maximum atomic E-state index is 13.5. The van der Waals surface area contributed by atoms with Crippen molar-refractivity contribution in [1.82, 2.24) is 5.32 Å². The monoisotopic (exact) mass is 298 g/mol. The zero-order valence-corrected chi connectivity index (χ0v) is 11.9. The van der Waals surface area contributed by atoms with Gasteiger partial charge in [-0.2, -0.15) is 5.26 Å². The van der Waals surface area contributed by atoms with Crippen LogP contribution in [0.4, 0.5) is 4.39 Å². The largest absolute Gasteiger partial charge is 0.489 e. The first-order valence-corrected chi connectivity index (χ1v) is 6.78. The number of nitrogens with one attached hydrogen (secondary N) is 1. The van der Waals surface area contributed by atoms with Crippen molar-refractivity contribution in [1.29, 1.82) is 5.26 Å². The van der Waals surface area contributed by atoms with Crippen molar-refractivity contribution in [3.63, 3.8) is 0 Å². The minimum atomic E-state index is -0.303. The van der Waals surface area contributed by atoms with E-state index in [4.69, 9.17) is 10.00 Å². The number of carbonyl (C=O) groups excluding carboxylic acids is 1. The number of nitriles is 1. The summed E-state index contributed by atoms with van der Waals surface area (Å²) in [5, 5.41) is 11.0. The molecule has 0 bridgehead atoms. The van der Waals surface area contributed by atoms with Gasteiger partial charge in [-0.05, 0) is 23.8 Å². The number of halogens is 1. The molecule has 0 unspecified atom stereocenters. The lowest BCUT2D eigenvalue weighted by Crippen LogP contribution is -2.21. The second kappa shape index (κ2) is 7.79. The van der Waals surface area contributed by atoms with Gasteiger partial charge in [0.2, 0.25) is 5.91 Å². The molecule has 0 aliphatic rings. The van der Waals surface area contributed by atoms with Gasteiger partial charge in [0.25, 0.3) is 0 Å². The SMILES string of the molecule is N#CCC(=O)NCc1ccc(OCc2ccccc2F)cc1. The van der Waals surface area contributed by atoms with E-state index in [0.29, 0.717) is 17.9 Å². The number of carbonyl (C=O) groups is 1. The fourth-order valence-electron chi connectivity index (χ4n) is 1.82. The van der Waals surface area contributed by atoms with Gasteiger partial charge in [0, 0.05) is 12.1 Å². The Balaban J connectivity index is 1.86. The molecule has 0 fully saturated rings. The molecule has 2 aromatic rings. The first-order valence-electron chi connectivity index (χ1n) is 6.78. The van der Waals surface area contributed by atoms with Crippen LogP contribution in [-0.4, -0.2) is 5.91 Å². The number of amides is 1. The molecule has 5 heteroatoms. The summed E-state index contributed by atoms with van der Waals surface area (Å²) < 4.78 is 19.0. The van der Waals surface area contributed by atoms with E-state index in [1.165, 1.54) is 6.07 Å². The summed E-state index contributed by atoms with van der Waals surface area (Å²) in [6, 6.07) is 15.4. The second-order valence-electron chi connectivity index (χ2n) is 4.64. The zero-order chi connectivity index (χ0) is 15.8. The van der Waals surface area contributed by atoms with Crippen LogP contribution in [0.5, 0.6) is 5.75 Å². The Morgan fingerprint density at radius 3 is 2.59 bits per heavy atom. The van der Waals surface area contributed by atoms with Crippen molar-refractivity contribution in [3.05, 3.63) is 65.5 Å². The van der Waals surface area contributed by atoms with Crippen LogP contribution >= 0.6 is 0 Å². The summed E-state index contributed by atoms with van der Waals surface area (Å²) in [6.45, 7) is 0.513. The quantitative estimate of drug-likeness (QED) is 0.892. The standard InChI is InChI=1S/C17H15FN2O2/c18-16-4-2-1-3-14(16)12-22-15-7-5-13(6-8-15)11-20-17(21)9-10-19/h1-8H,9,11-12H2,(H,20,21). The highest BCUT2D eigenvalue weighted by atomic mass is 19.1. The molecule has 2 aromatic carbocycles. The normalized spacial score (nSPS) is 9.82. The van der Waals surface area contributed by atoms with Gasteiger partial charge in [-0.25, -0.2) is 4.39 Å². The van der Waals surface area contributed by atoms with E-state index in [1.54, 1.807) is 36.4 Å². The lowest BCUT2D eigenvalue weighted by molar-refractivity contribution is -0.120. The highest BCUT2D eigenvalue weighted by molar-refractivity contribution is 5.77. The minimum absolute atomic E-state index is 0.149. The molecule has 1 amide bonds. The van der Waals surface area contributed by atoms with Gasteiger partial charge in [-0.3, -0.25) is 4.79 Å². The Kier molecular flexibility index (Phi) is 5.50. The molecule has 0 heterocycles. The Morgan fingerprint density at radius 1 is 1.18 bits per heavy atom. The number of ether oxygens (including phenoxy) is 1. The Hall–Kier alpha value is -2.87. The van der Waals surface area contributed by atoms with Crippen LogP contribution in [0.1, 0.15) is 17.5 Å². The van der Waals surface area contributed by atoms with Crippen LogP contribution in [0.2, 0.25) is 0 Å². The molecule has 22 heavy (non-hydrogen) atoms. The smallest absolute Gasteiger partial charge is 0.234 e. The van der Waals surface area contributed by atoms with E-state index in [-0.39, 0.29) is 24.8 Å². The van der Waals surface area contributed by atoms with Crippen LogP contribution < -0.4 is 10.1 Å². The molecular weight excluding hydrogens is 283 g/mol. The average Bonchev–Trinajstić information content (AvgIpc) is 2.53. The fourth-order valence-corrected chi connectivity index (χ4v) is 1.82. The molecule has 4 nitrogen and oxygen atoms in total. The first kappa shape index (κ1) is 15.5. The van der Waals surface area contributed by atoms with Gasteiger partial charge in [0.05, 0.1) is 6.07 Å². The van der Waals surface area contributed by atoms with Crippen molar-refractivity contribution in [3.8, 4) is 11.8 Å². The van der Waals surface area contributed by atoms with Gasteiger partial charge in [-0.15, -0.1) is 0 Å². The highest BCUT2D eigenvalue weighted by Gasteiger charge is 2.03. The Morgan fingerprint density at radius 2 is 1.91 bits per heavy atom. The van der Waals surface area contributed by atoms with Crippen molar-refractivity contribution in [2.45, 2.75) is 19.6 Å². The van der Waals surface area contributed by atoms with Crippen LogP contribution in [0.15, 0.2) is 48.5 Å². The Labute approximate surface area is 128 Å². The van der Waals surface area contributed by atoms with Crippen LogP contribution in [0, 0.1) is 17.1 Å². The van der Waals surface area contributed by atoms with Gasteiger partial charge >= 0.3 is 0 Å². The predicted octanol–water partition coefficient (Wildman–Crippen LogP) is 2.93. The van der Waals surface area contributed by atoms with E-state index in [9.17, 15) is 9.18 Å². The molecule has 0 spiro atoms. The van der Waals surface area contributed by atoms with Crippen LogP contribution in [-0.2, 0) is 17.9 Å². The highest BCUT2D eigenvalue weighted by Crippen LogP contribution is 2.15. The van der Waals surface area contributed by atoms with E-state index < -0.39 is 0 Å². The molecule has 1 N–H and O–H groups in total. The van der Waals surface area contributed by atoms with Crippen molar-refractivity contribution in [2.24, 2.45) is 0 Å². The zero-order valence-electron chi connectivity index (χ0n) is 11.9. The van der Waals surface area contributed by atoms with Gasteiger partial charge in [0.15, 0.2) is 0 Å². The molecule has 0 saturated heterocycles. The third kappa shape index (κ3) is 4.60. The molecule has 0 aromatic heterocycles. The maximum absolute atomic E-state index is 13.5. The molecule has 2 rings (SSSR count). The topological polar surface area (TPSA) is 62.1 Å². The molecule has 0 aliphatic heterocycles. The van der Waals surface area contributed by atoms with Crippen molar-refractivity contribution >= 4 is 5.91 Å². The number of rotatable bonds is 6. The summed E-state index contributed by atoms with van der Waals surface area (Å²) in [6.07, 6.45) is -0.149. The van der Waals surface area contributed by atoms with E-state index >= 15 is 0 Å². The number of hydrogen-bond acceptors (Lipinski definition) is 3. The lowest BCUT2D eigenvalue weighted by Gasteiger charge is -2.08. The van der Waals surface area contributed by atoms with Crippen LogP contribution in [0.3, 0.4) is 0 Å². The lowest BCUT2D eigenvalue weighted by atomic mass is 10.2. The average molecular weight is 298 g/mol. The minimum Gasteiger partial charge on any atom is -0.489 e. The van der Waals surface area contributed by atoms with Crippen LogP contribution in [0.25, 0.3) is 0 Å². The fraction of sp³-hybridized carbons (Fsp3) is 0.176. The van der Waals surface area contributed by atoms with E-state index in [1.807, 2.05) is 12.1 Å². The summed E-state index contributed by atoms with van der Waals surface area (Å²) in [5.41, 5.74) is 1.39. The third-order valence-corrected chi connectivity index (χ3v) is 3.00. The molecule has 0 saturated carbocycles. The Bertz CT molecular complexity index is 678. The molecule has 0 atom stereocenters. The van der Waals surface area contributed by atoms with Gasteiger partial charge in [-0.1, -0.05) is 30.3 Å². The third-order valence-electron chi connectivity index (χ3n) is 3.00. The first-order chi connectivity index (χ1) is 10.7. The number of benzene rings is 2. The summed E-state index contributed by atoms with van der Waals surface area (Å²) in [7, 11) is 0. The number of nitrogens with zero attached hydrogens (tertiary/aromatic N) is 1. The van der Waals surface area contributed by atoms with Crippen molar-refractivity contribution in [2.75, 3.05) is 0 Å². The summed E-state index contributed by atoms with van der Waals surface area (Å²) >= 11 is 0. The number of hydrogen-bond donors (Lipinski definition) is 1. The van der Waals surface area contributed by atoms with E-state index in [2.05, 4.69) is 5.32 Å². The summed E-state index contributed by atoms with van der Waals surface area (Å²) in [4.78, 5) is 11.2. The van der Waals surface area contributed by atoms with Gasteiger partial charge in [0.1, 0.15) is 24.6 Å². The summed E-state index contributed by atoms with van der Waals surface area (Å²) in [5.74, 6) is 0.0251. The van der Waals surface area contributed by atoms with Crippen molar-refractivity contribution < 1.29 is 13.9 Å². The predicted molar refractivity (Wildman–Crippen MR) is 79.3 cm³/mol. The second-order valence-corrected chi connectivity index (χ2v) is 4.64. The molecular formula is C17H15FN2O2. The molecule has 112 valence electrons. The maximum Gasteiger partial charge on any atom is 0.234 e. The molecule has 0 radical (unpaired) electrons.